The molecule has 0 aliphatic carbocycles. The van der Waals surface area contributed by atoms with Crippen molar-refractivity contribution < 1.29 is 14.3 Å². The number of benzene rings is 1. The molecule has 0 saturated carbocycles. The van der Waals surface area contributed by atoms with E-state index in [1.165, 1.54) is 7.11 Å². The van der Waals surface area contributed by atoms with Crippen LogP contribution in [0.4, 0.5) is 0 Å². The van der Waals surface area contributed by atoms with Gasteiger partial charge in [-0.05, 0) is 37.6 Å². The lowest BCUT2D eigenvalue weighted by atomic mass is 10.2. The van der Waals surface area contributed by atoms with Crippen molar-refractivity contribution in [2.45, 2.75) is 13.8 Å². The molecular formula is C13H15ClO3. The van der Waals surface area contributed by atoms with Gasteiger partial charge in [-0.1, -0.05) is 17.7 Å². The van der Waals surface area contributed by atoms with Gasteiger partial charge in [-0.2, -0.15) is 0 Å². The number of rotatable bonds is 4. The molecule has 0 radical (unpaired) electrons. The van der Waals surface area contributed by atoms with E-state index in [1.807, 2.05) is 19.1 Å². The standard InChI is InChI=1S/C13H15ClO3/c1-9-4-5-12(11(14)8-9)17-7-6-10(2)13(15)16-3/h4-6,8H,7H2,1-3H3. The zero-order valence-corrected chi connectivity index (χ0v) is 10.9. The Morgan fingerprint density at radius 3 is 2.76 bits per heavy atom. The van der Waals surface area contributed by atoms with Gasteiger partial charge >= 0.3 is 5.97 Å². The average molecular weight is 255 g/mol. The molecule has 0 aliphatic heterocycles. The van der Waals surface area contributed by atoms with Crippen molar-refractivity contribution in [2.24, 2.45) is 0 Å². The highest BCUT2D eigenvalue weighted by atomic mass is 35.5. The molecule has 92 valence electrons. The largest absolute Gasteiger partial charge is 0.488 e. The molecule has 17 heavy (non-hydrogen) atoms. The van der Waals surface area contributed by atoms with E-state index in [9.17, 15) is 4.79 Å². The molecule has 0 unspecified atom stereocenters. The summed E-state index contributed by atoms with van der Waals surface area (Å²) in [5, 5.41) is 0.564. The van der Waals surface area contributed by atoms with Crippen LogP contribution in [0, 0.1) is 6.92 Å². The highest BCUT2D eigenvalue weighted by Crippen LogP contribution is 2.25. The van der Waals surface area contributed by atoms with Crippen molar-refractivity contribution in [3.8, 4) is 5.75 Å². The third kappa shape index (κ3) is 4.11. The minimum atomic E-state index is -0.358. The molecule has 0 aromatic heterocycles. The third-order valence-electron chi connectivity index (χ3n) is 2.22. The van der Waals surface area contributed by atoms with E-state index in [2.05, 4.69) is 4.74 Å². The van der Waals surface area contributed by atoms with Crippen LogP contribution in [0.5, 0.6) is 5.75 Å². The molecule has 0 bridgehead atoms. The summed E-state index contributed by atoms with van der Waals surface area (Å²) in [4.78, 5) is 11.1. The third-order valence-corrected chi connectivity index (χ3v) is 2.52. The number of ether oxygens (including phenoxy) is 2. The fourth-order valence-electron chi connectivity index (χ4n) is 1.22. The molecule has 0 amide bonds. The minimum absolute atomic E-state index is 0.281. The van der Waals surface area contributed by atoms with E-state index in [4.69, 9.17) is 16.3 Å². The molecule has 1 aromatic rings. The van der Waals surface area contributed by atoms with Gasteiger partial charge in [0, 0.05) is 5.57 Å². The summed E-state index contributed by atoms with van der Waals surface area (Å²) in [6, 6.07) is 5.55. The Labute approximate surface area is 106 Å². The fourth-order valence-corrected chi connectivity index (χ4v) is 1.51. The lowest BCUT2D eigenvalue weighted by Gasteiger charge is -2.06. The summed E-state index contributed by atoms with van der Waals surface area (Å²) < 4.78 is 10.0. The highest BCUT2D eigenvalue weighted by Gasteiger charge is 2.03. The van der Waals surface area contributed by atoms with Crippen molar-refractivity contribution in [3.05, 3.63) is 40.4 Å². The Balaban J connectivity index is 2.59. The van der Waals surface area contributed by atoms with Gasteiger partial charge in [0.1, 0.15) is 12.4 Å². The van der Waals surface area contributed by atoms with E-state index in [0.717, 1.165) is 5.56 Å². The molecule has 1 aromatic carbocycles. The first-order valence-electron chi connectivity index (χ1n) is 5.18. The summed E-state index contributed by atoms with van der Waals surface area (Å²) in [5.74, 6) is 0.245. The number of esters is 1. The van der Waals surface area contributed by atoms with Crippen LogP contribution >= 0.6 is 11.6 Å². The van der Waals surface area contributed by atoms with Crippen molar-refractivity contribution >= 4 is 17.6 Å². The minimum Gasteiger partial charge on any atom is -0.488 e. The van der Waals surface area contributed by atoms with Crippen molar-refractivity contribution in [2.75, 3.05) is 13.7 Å². The van der Waals surface area contributed by atoms with Gasteiger partial charge in [0.15, 0.2) is 0 Å². The number of halogens is 1. The van der Waals surface area contributed by atoms with E-state index in [-0.39, 0.29) is 12.6 Å². The van der Waals surface area contributed by atoms with Crippen LogP contribution < -0.4 is 4.74 Å². The van der Waals surface area contributed by atoms with Gasteiger partial charge in [0.2, 0.25) is 0 Å². The Morgan fingerprint density at radius 1 is 1.47 bits per heavy atom. The smallest absolute Gasteiger partial charge is 0.333 e. The fraction of sp³-hybridized carbons (Fsp3) is 0.308. The van der Waals surface area contributed by atoms with Crippen LogP contribution in [0.25, 0.3) is 0 Å². The number of carbonyl (C=O) groups is 1. The molecule has 0 heterocycles. The zero-order chi connectivity index (χ0) is 12.8. The van der Waals surface area contributed by atoms with Gasteiger partial charge in [0.25, 0.3) is 0 Å². The second-order valence-electron chi connectivity index (χ2n) is 3.62. The molecule has 0 spiro atoms. The monoisotopic (exact) mass is 254 g/mol. The van der Waals surface area contributed by atoms with Gasteiger partial charge in [-0.3, -0.25) is 0 Å². The molecular weight excluding hydrogens is 240 g/mol. The Bertz CT molecular complexity index is 438. The molecule has 4 heteroatoms. The van der Waals surface area contributed by atoms with Crippen molar-refractivity contribution in [3.63, 3.8) is 0 Å². The predicted octanol–water partition coefficient (Wildman–Crippen LogP) is 3.15. The SMILES string of the molecule is COC(=O)C(C)=CCOc1ccc(C)cc1Cl. The molecule has 0 atom stereocenters. The quantitative estimate of drug-likeness (QED) is 0.612. The normalized spacial score (nSPS) is 11.2. The Hall–Kier alpha value is -1.48. The van der Waals surface area contributed by atoms with E-state index >= 15 is 0 Å². The van der Waals surface area contributed by atoms with E-state index in [0.29, 0.717) is 16.3 Å². The lowest BCUT2D eigenvalue weighted by Crippen LogP contribution is -2.04. The van der Waals surface area contributed by atoms with Gasteiger partial charge < -0.3 is 9.47 Å². The van der Waals surface area contributed by atoms with Crippen LogP contribution in [-0.4, -0.2) is 19.7 Å². The summed E-state index contributed by atoms with van der Waals surface area (Å²) in [5.41, 5.74) is 1.58. The summed E-state index contributed by atoms with van der Waals surface area (Å²) >= 11 is 6.00. The molecule has 3 nitrogen and oxygen atoms in total. The predicted molar refractivity (Wildman–Crippen MR) is 67.5 cm³/mol. The molecule has 0 fully saturated rings. The molecule has 1 rings (SSSR count). The molecule has 0 aliphatic rings. The first-order valence-corrected chi connectivity index (χ1v) is 5.56. The lowest BCUT2D eigenvalue weighted by molar-refractivity contribution is -0.136. The van der Waals surface area contributed by atoms with E-state index in [1.54, 1.807) is 19.1 Å². The van der Waals surface area contributed by atoms with Crippen molar-refractivity contribution in [1.82, 2.24) is 0 Å². The summed E-state index contributed by atoms with van der Waals surface area (Å²) in [7, 11) is 1.34. The van der Waals surface area contributed by atoms with Crippen LogP contribution in [0.15, 0.2) is 29.8 Å². The zero-order valence-electron chi connectivity index (χ0n) is 10.1. The van der Waals surface area contributed by atoms with Crippen molar-refractivity contribution in [1.29, 1.82) is 0 Å². The number of aryl methyl sites for hydroxylation is 1. The van der Waals surface area contributed by atoms with Crippen LogP contribution in [0.2, 0.25) is 5.02 Å². The van der Waals surface area contributed by atoms with Gasteiger partial charge in [-0.25, -0.2) is 4.79 Å². The number of hydrogen-bond acceptors (Lipinski definition) is 3. The number of carbonyl (C=O) groups excluding carboxylic acids is 1. The van der Waals surface area contributed by atoms with Gasteiger partial charge in [-0.15, -0.1) is 0 Å². The maximum Gasteiger partial charge on any atom is 0.333 e. The second kappa shape index (κ2) is 6.30. The molecule has 0 N–H and O–H groups in total. The van der Waals surface area contributed by atoms with Gasteiger partial charge in [0.05, 0.1) is 12.1 Å². The topological polar surface area (TPSA) is 35.5 Å². The molecule has 0 saturated heterocycles. The summed E-state index contributed by atoms with van der Waals surface area (Å²) in [6.07, 6.45) is 1.65. The van der Waals surface area contributed by atoms with Crippen LogP contribution in [0.3, 0.4) is 0 Å². The first-order chi connectivity index (χ1) is 8.04. The van der Waals surface area contributed by atoms with E-state index < -0.39 is 0 Å². The summed E-state index contributed by atoms with van der Waals surface area (Å²) in [6.45, 7) is 3.91. The van der Waals surface area contributed by atoms with Crippen LogP contribution in [0.1, 0.15) is 12.5 Å². The van der Waals surface area contributed by atoms with Crippen LogP contribution in [-0.2, 0) is 9.53 Å². The maximum absolute atomic E-state index is 11.1. The highest BCUT2D eigenvalue weighted by molar-refractivity contribution is 6.32. The number of methoxy groups -OCH3 is 1. The second-order valence-corrected chi connectivity index (χ2v) is 4.03. The Kier molecular flexibility index (Phi) is 5.04. The first kappa shape index (κ1) is 13.6. The average Bonchev–Trinajstić information content (AvgIpc) is 2.30. The Morgan fingerprint density at radius 2 is 2.18 bits per heavy atom. The number of hydrogen-bond donors (Lipinski definition) is 0. The maximum atomic E-state index is 11.1.